The average molecular weight is 357 g/mol. The van der Waals surface area contributed by atoms with E-state index >= 15 is 0 Å². The van der Waals surface area contributed by atoms with Crippen molar-refractivity contribution in [1.29, 1.82) is 0 Å². The summed E-state index contributed by atoms with van der Waals surface area (Å²) in [6.07, 6.45) is 4.90. The summed E-state index contributed by atoms with van der Waals surface area (Å²) in [5.74, 6) is 0. The number of fused-ring (bicyclic) bond motifs is 2. The first kappa shape index (κ1) is 16.5. The highest BCUT2D eigenvalue weighted by molar-refractivity contribution is 7.16. The summed E-state index contributed by atoms with van der Waals surface area (Å²) < 4.78 is 5.26. The number of aryl methyl sites for hydroxylation is 1. The highest BCUT2D eigenvalue weighted by atomic mass is 32.1. The molecule has 0 amide bonds. The smallest absolute Gasteiger partial charge is 0.124 e. The van der Waals surface area contributed by atoms with Crippen LogP contribution in [0.2, 0.25) is 0 Å². The molecule has 25 heavy (non-hydrogen) atoms. The molecule has 6 nitrogen and oxygen atoms in total. The van der Waals surface area contributed by atoms with Gasteiger partial charge in [0.25, 0.3) is 0 Å². The largest absolute Gasteiger partial charge is 0.385 e. The van der Waals surface area contributed by atoms with Crippen LogP contribution in [0.4, 0.5) is 5.00 Å². The minimum absolute atomic E-state index is 0.414. The van der Waals surface area contributed by atoms with Crippen molar-refractivity contribution >= 4 is 28.2 Å². The number of nitrogens with one attached hydrogen (secondary N) is 2. The summed E-state index contributed by atoms with van der Waals surface area (Å²) in [6, 6.07) is 4.49. The zero-order valence-corrected chi connectivity index (χ0v) is 15.4. The molecule has 1 fully saturated rings. The molecule has 4 rings (SSSR count). The van der Waals surface area contributed by atoms with Crippen LogP contribution < -0.4 is 21.2 Å². The Balaban J connectivity index is 1.80. The van der Waals surface area contributed by atoms with E-state index < -0.39 is 0 Å². The number of piperazine rings is 1. The second kappa shape index (κ2) is 7.11. The zero-order valence-electron chi connectivity index (χ0n) is 14.6. The Morgan fingerprint density at radius 3 is 3.24 bits per heavy atom. The number of anilines is 1. The molecule has 1 saturated heterocycles. The Labute approximate surface area is 151 Å². The van der Waals surface area contributed by atoms with Crippen LogP contribution in [0.1, 0.15) is 17.1 Å². The maximum atomic E-state index is 5.26. The van der Waals surface area contributed by atoms with Gasteiger partial charge in [0.1, 0.15) is 10.7 Å². The van der Waals surface area contributed by atoms with Gasteiger partial charge < -0.3 is 20.3 Å². The number of methoxy groups -OCH3 is 1. The van der Waals surface area contributed by atoms with Crippen LogP contribution in [0.3, 0.4) is 0 Å². The van der Waals surface area contributed by atoms with Crippen molar-refractivity contribution in [3.8, 4) is 0 Å². The fourth-order valence-corrected chi connectivity index (χ4v) is 4.24. The Morgan fingerprint density at radius 1 is 1.44 bits per heavy atom. The number of hydrogen-bond acceptors (Lipinski definition) is 7. The molecule has 2 N–H and O–H groups in total. The predicted molar refractivity (Wildman–Crippen MR) is 101 cm³/mol. The maximum absolute atomic E-state index is 5.26. The number of ether oxygens (including phenoxy) is 1. The second-order valence-electron chi connectivity index (χ2n) is 6.37. The van der Waals surface area contributed by atoms with Crippen molar-refractivity contribution in [3.05, 3.63) is 39.6 Å². The van der Waals surface area contributed by atoms with Crippen molar-refractivity contribution in [2.45, 2.75) is 19.4 Å². The molecule has 7 heteroatoms. The molecule has 2 aliphatic rings. The van der Waals surface area contributed by atoms with Crippen molar-refractivity contribution in [3.63, 3.8) is 0 Å². The van der Waals surface area contributed by atoms with E-state index in [0.29, 0.717) is 6.04 Å². The summed E-state index contributed by atoms with van der Waals surface area (Å²) in [6.45, 7) is 5.66. The van der Waals surface area contributed by atoms with Crippen LogP contribution in [0.5, 0.6) is 0 Å². The average Bonchev–Trinajstić information content (AvgIpc) is 2.93. The first-order valence-corrected chi connectivity index (χ1v) is 9.45. The van der Waals surface area contributed by atoms with E-state index in [1.807, 2.05) is 18.5 Å². The predicted octanol–water partition coefficient (Wildman–Crippen LogP) is 0.477. The lowest BCUT2D eigenvalue weighted by atomic mass is 10.1. The maximum Gasteiger partial charge on any atom is 0.124 e. The quantitative estimate of drug-likeness (QED) is 0.830. The summed E-state index contributed by atoms with van der Waals surface area (Å²) >= 11 is 1.69. The fourth-order valence-electron chi connectivity index (χ4n) is 3.45. The Hall–Kier alpha value is -1.96. The summed E-state index contributed by atoms with van der Waals surface area (Å²) in [5, 5.41) is 11.3. The topological polar surface area (TPSA) is 62.3 Å². The second-order valence-corrected chi connectivity index (χ2v) is 7.57. The van der Waals surface area contributed by atoms with Gasteiger partial charge in [-0.2, -0.15) is 0 Å². The molecule has 0 radical (unpaired) electrons. The highest BCUT2D eigenvalue weighted by Crippen LogP contribution is 2.31. The van der Waals surface area contributed by atoms with Crippen molar-refractivity contribution in [2.75, 3.05) is 38.7 Å². The monoisotopic (exact) mass is 357 g/mol. The number of pyridine rings is 1. The van der Waals surface area contributed by atoms with Gasteiger partial charge in [0.15, 0.2) is 0 Å². The van der Waals surface area contributed by atoms with Gasteiger partial charge in [-0.3, -0.25) is 4.98 Å². The fraction of sp³-hybridized carbons (Fsp3) is 0.444. The van der Waals surface area contributed by atoms with E-state index in [-0.39, 0.29) is 0 Å². The van der Waals surface area contributed by atoms with E-state index in [2.05, 4.69) is 28.5 Å². The molecule has 0 bridgehead atoms. The van der Waals surface area contributed by atoms with Gasteiger partial charge in [-0.05, 0) is 25.5 Å². The first-order valence-electron chi connectivity index (χ1n) is 8.63. The zero-order chi connectivity index (χ0) is 17.2. The van der Waals surface area contributed by atoms with Gasteiger partial charge in [-0.15, -0.1) is 11.3 Å². The molecule has 0 saturated carbocycles. The van der Waals surface area contributed by atoms with E-state index in [1.54, 1.807) is 18.4 Å². The molecule has 0 spiro atoms. The molecular formula is C18H23N5OS. The van der Waals surface area contributed by atoms with Gasteiger partial charge in [0.2, 0.25) is 0 Å². The van der Waals surface area contributed by atoms with Gasteiger partial charge in [0, 0.05) is 57.0 Å². The lowest BCUT2D eigenvalue weighted by Crippen LogP contribution is -2.52. The number of rotatable bonds is 4. The summed E-state index contributed by atoms with van der Waals surface area (Å²) in [5.41, 5.74) is 2.16. The van der Waals surface area contributed by atoms with Gasteiger partial charge in [0.05, 0.1) is 16.1 Å². The van der Waals surface area contributed by atoms with Crippen molar-refractivity contribution in [1.82, 2.24) is 20.2 Å². The SMILES string of the molecule is COCCC1CN(C2=c3ncccc3=CNc3sc(C)nc32)CCN1. The van der Waals surface area contributed by atoms with Crippen molar-refractivity contribution in [2.24, 2.45) is 0 Å². The minimum atomic E-state index is 0.414. The molecule has 2 aromatic heterocycles. The Morgan fingerprint density at radius 2 is 2.36 bits per heavy atom. The minimum Gasteiger partial charge on any atom is -0.385 e. The lowest BCUT2D eigenvalue weighted by Gasteiger charge is -2.36. The standard InChI is InChI=1S/C18H23N5OS/c1-12-22-16-17(23-8-7-19-14(11-23)5-9-24-2)15-13(4-3-6-20-15)10-21-18(16)25-12/h3-4,6,10,14,19,21H,5,7-9,11H2,1-2H3. The molecule has 0 aliphatic carbocycles. The third-order valence-electron chi connectivity index (χ3n) is 4.62. The highest BCUT2D eigenvalue weighted by Gasteiger charge is 2.27. The third-order valence-corrected chi connectivity index (χ3v) is 5.52. The molecule has 132 valence electrons. The first-order chi connectivity index (χ1) is 12.3. The number of nitrogens with zero attached hydrogens (tertiary/aromatic N) is 3. The van der Waals surface area contributed by atoms with E-state index in [9.17, 15) is 0 Å². The van der Waals surface area contributed by atoms with Gasteiger partial charge >= 0.3 is 0 Å². The molecule has 2 aromatic rings. The third kappa shape index (κ3) is 3.27. The Bertz CT molecular complexity index is 878. The molecule has 4 heterocycles. The van der Waals surface area contributed by atoms with Crippen LogP contribution in [0.15, 0.2) is 18.3 Å². The van der Waals surface area contributed by atoms with Gasteiger partial charge in [-0.25, -0.2) is 4.98 Å². The molecule has 1 unspecified atom stereocenters. The summed E-state index contributed by atoms with van der Waals surface area (Å²) in [4.78, 5) is 12.0. The van der Waals surface area contributed by atoms with Crippen molar-refractivity contribution < 1.29 is 4.74 Å². The van der Waals surface area contributed by atoms with Crippen LogP contribution in [-0.4, -0.2) is 54.3 Å². The van der Waals surface area contributed by atoms with Crippen LogP contribution in [0.25, 0.3) is 11.9 Å². The van der Waals surface area contributed by atoms with Crippen LogP contribution in [0, 0.1) is 6.92 Å². The lowest BCUT2D eigenvalue weighted by molar-refractivity contribution is 0.166. The molecule has 1 atom stereocenters. The summed E-state index contributed by atoms with van der Waals surface area (Å²) in [7, 11) is 1.76. The number of aromatic nitrogens is 2. The number of thiazole rings is 1. The molecule has 0 aromatic carbocycles. The van der Waals surface area contributed by atoms with E-state index in [4.69, 9.17) is 14.7 Å². The normalized spacial score (nSPS) is 19.5. The van der Waals surface area contributed by atoms with E-state index in [0.717, 1.165) is 64.6 Å². The van der Waals surface area contributed by atoms with Crippen LogP contribution >= 0.6 is 11.3 Å². The molecular weight excluding hydrogens is 334 g/mol. The number of hydrogen-bond donors (Lipinski definition) is 2. The van der Waals surface area contributed by atoms with Gasteiger partial charge in [-0.1, -0.05) is 0 Å². The Kier molecular flexibility index (Phi) is 4.70. The van der Waals surface area contributed by atoms with E-state index in [1.165, 1.54) is 0 Å². The molecule has 2 aliphatic heterocycles. The van der Waals surface area contributed by atoms with Crippen LogP contribution in [-0.2, 0) is 4.74 Å².